The molecule has 1 heterocycles. The summed E-state index contributed by atoms with van der Waals surface area (Å²) >= 11 is 0. The van der Waals surface area contributed by atoms with Crippen molar-refractivity contribution < 1.29 is 9.59 Å². The first kappa shape index (κ1) is 19.2. The second-order valence-electron chi connectivity index (χ2n) is 6.20. The van der Waals surface area contributed by atoms with E-state index in [-0.39, 0.29) is 30.8 Å². The molecule has 0 aliphatic carbocycles. The Balaban J connectivity index is 0.00000225. The van der Waals surface area contributed by atoms with Crippen LogP contribution in [0.5, 0.6) is 0 Å². The molecule has 25 heavy (non-hydrogen) atoms. The van der Waals surface area contributed by atoms with Gasteiger partial charge in [0.15, 0.2) is 0 Å². The Kier molecular flexibility index (Phi) is 6.79. The third kappa shape index (κ3) is 4.71. The highest BCUT2D eigenvalue weighted by molar-refractivity contribution is 5.91. The lowest BCUT2D eigenvalue weighted by atomic mass is 10.0. The predicted molar refractivity (Wildman–Crippen MR) is 102 cm³/mol. The molecular formula is C19H24ClN3O2. The molecular weight excluding hydrogens is 338 g/mol. The Morgan fingerprint density at radius 3 is 2.52 bits per heavy atom. The van der Waals surface area contributed by atoms with Crippen LogP contribution in [-0.4, -0.2) is 61.4 Å². The largest absolute Gasteiger partial charge is 0.339 e. The van der Waals surface area contributed by atoms with Crippen molar-refractivity contribution in [1.29, 1.82) is 0 Å². The van der Waals surface area contributed by atoms with Gasteiger partial charge in [0.2, 0.25) is 11.8 Å². The number of halogens is 1. The molecule has 0 saturated carbocycles. The van der Waals surface area contributed by atoms with Crippen LogP contribution in [0.15, 0.2) is 42.5 Å². The zero-order chi connectivity index (χ0) is 16.9. The van der Waals surface area contributed by atoms with E-state index in [4.69, 9.17) is 0 Å². The normalized spacial score (nSPS) is 14.0. The van der Waals surface area contributed by atoms with Gasteiger partial charge < -0.3 is 15.1 Å². The molecule has 0 radical (unpaired) electrons. The van der Waals surface area contributed by atoms with E-state index in [9.17, 15) is 9.59 Å². The summed E-state index contributed by atoms with van der Waals surface area (Å²) in [4.78, 5) is 28.2. The summed E-state index contributed by atoms with van der Waals surface area (Å²) in [6.45, 7) is 3.21. The molecule has 2 aromatic carbocycles. The van der Waals surface area contributed by atoms with Crippen molar-refractivity contribution in [3.8, 4) is 0 Å². The number of piperazine rings is 1. The first-order chi connectivity index (χ1) is 11.6. The maximum absolute atomic E-state index is 12.5. The second kappa shape index (κ2) is 8.83. The van der Waals surface area contributed by atoms with Gasteiger partial charge in [0, 0.05) is 33.2 Å². The highest BCUT2D eigenvalue weighted by atomic mass is 35.5. The van der Waals surface area contributed by atoms with E-state index < -0.39 is 0 Å². The zero-order valence-corrected chi connectivity index (χ0v) is 15.2. The molecule has 1 saturated heterocycles. The van der Waals surface area contributed by atoms with Crippen LogP contribution in [0.2, 0.25) is 0 Å². The minimum absolute atomic E-state index is 0. The molecule has 6 heteroatoms. The van der Waals surface area contributed by atoms with Crippen LogP contribution in [0.1, 0.15) is 5.56 Å². The van der Waals surface area contributed by atoms with Crippen molar-refractivity contribution in [3.63, 3.8) is 0 Å². The second-order valence-corrected chi connectivity index (χ2v) is 6.20. The van der Waals surface area contributed by atoms with Gasteiger partial charge in [-0.2, -0.15) is 0 Å². The van der Waals surface area contributed by atoms with E-state index in [0.717, 1.165) is 29.4 Å². The van der Waals surface area contributed by atoms with Crippen LogP contribution >= 0.6 is 12.4 Å². The molecule has 0 aromatic heterocycles. The monoisotopic (exact) mass is 361 g/mol. The number of benzene rings is 2. The van der Waals surface area contributed by atoms with Gasteiger partial charge >= 0.3 is 0 Å². The minimum Gasteiger partial charge on any atom is -0.339 e. The Labute approximate surface area is 154 Å². The Bertz CT molecular complexity index is 739. The van der Waals surface area contributed by atoms with E-state index in [0.29, 0.717) is 19.5 Å². The summed E-state index contributed by atoms with van der Waals surface area (Å²) in [5, 5.41) is 5.44. The summed E-state index contributed by atoms with van der Waals surface area (Å²) in [6.07, 6.45) is 0.312. The van der Waals surface area contributed by atoms with Gasteiger partial charge in [-0.3, -0.25) is 9.59 Å². The lowest BCUT2D eigenvalue weighted by Crippen LogP contribution is -2.49. The standard InChI is InChI=1S/C19H23N3O2.ClH/c1-21(14-19(24)22-11-9-20-10-12-22)18(23)13-16-7-4-6-15-5-2-3-8-17(15)16;/h2-8,20H,9-14H2,1H3;1H. The van der Waals surface area contributed by atoms with Gasteiger partial charge in [0.05, 0.1) is 13.0 Å². The average molecular weight is 362 g/mol. The third-order valence-electron chi connectivity index (χ3n) is 4.49. The highest BCUT2D eigenvalue weighted by Crippen LogP contribution is 2.19. The quantitative estimate of drug-likeness (QED) is 0.901. The summed E-state index contributed by atoms with van der Waals surface area (Å²) in [6, 6.07) is 14.0. The van der Waals surface area contributed by atoms with Gasteiger partial charge in [0.25, 0.3) is 0 Å². The number of rotatable bonds is 4. The number of likely N-dealkylation sites (N-methyl/N-ethyl adjacent to an activating group) is 1. The molecule has 0 spiro atoms. The van der Waals surface area contributed by atoms with Crippen molar-refractivity contribution in [3.05, 3.63) is 48.0 Å². The van der Waals surface area contributed by atoms with Crippen LogP contribution in [0.4, 0.5) is 0 Å². The average Bonchev–Trinajstić information content (AvgIpc) is 2.62. The predicted octanol–water partition coefficient (Wildman–Crippen LogP) is 1.69. The molecule has 0 unspecified atom stereocenters. The Morgan fingerprint density at radius 2 is 1.76 bits per heavy atom. The van der Waals surface area contributed by atoms with Crippen LogP contribution in [-0.2, 0) is 16.0 Å². The zero-order valence-electron chi connectivity index (χ0n) is 14.4. The van der Waals surface area contributed by atoms with E-state index in [1.807, 2.05) is 47.4 Å². The molecule has 134 valence electrons. The molecule has 1 fully saturated rings. The van der Waals surface area contributed by atoms with Crippen LogP contribution in [0, 0.1) is 0 Å². The lowest BCUT2D eigenvalue weighted by Gasteiger charge is -2.29. The van der Waals surface area contributed by atoms with Gasteiger partial charge in [0.1, 0.15) is 0 Å². The van der Waals surface area contributed by atoms with Crippen molar-refractivity contribution in [2.24, 2.45) is 0 Å². The van der Waals surface area contributed by atoms with E-state index >= 15 is 0 Å². The van der Waals surface area contributed by atoms with E-state index in [2.05, 4.69) is 5.32 Å². The first-order valence-corrected chi connectivity index (χ1v) is 8.34. The number of hydrogen-bond acceptors (Lipinski definition) is 3. The Morgan fingerprint density at radius 1 is 1.08 bits per heavy atom. The van der Waals surface area contributed by atoms with Crippen molar-refractivity contribution in [2.75, 3.05) is 39.8 Å². The molecule has 0 atom stereocenters. The van der Waals surface area contributed by atoms with Gasteiger partial charge in [-0.05, 0) is 16.3 Å². The number of nitrogens with one attached hydrogen (secondary N) is 1. The van der Waals surface area contributed by atoms with E-state index in [1.165, 1.54) is 4.90 Å². The molecule has 1 aliphatic heterocycles. The minimum atomic E-state index is -0.0326. The number of nitrogens with zero attached hydrogens (tertiary/aromatic N) is 2. The lowest BCUT2D eigenvalue weighted by molar-refractivity contribution is -0.139. The topological polar surface area (TPSA) is 52.7 Å². The number of fused-ring (bicyclic) bond motifs is 1. The number of carbonyl (C=O) groups excluding carboxylic acids is 2. The highest BCUT2D eigenvalue weighted by Gasteiger charge is 2.20. The molecule has 2 aromatic rings. The van der Waals surface area contributed by atoms with Crippen LogP contribution < -0.4 is 5.32 Å². The SMILES string of the molecule is CN(CC(=O)N1CCNCC1)C(=O)Cc1cccc2ccccc12.Cl. The van der Waals surface area contributed by atoms with Crippen LogP contribution in [0.25, 0.3) is 10.8 Å². The van der Waals surface area contributed by atoms with Gasteiger partial charge in [-0.25, -0.2) is 0 Å². The van der Waals surface area contributed by atoms with E-state index in [1.54, 1.807) is 7.05 Å². The summed E-state index contributed by atoms with van der Waals surface area (Å²) in [7, 11) is 1.70. The Hall–Kier alpha value is -2.11. The number of hydrogen-bond donors (Lipinski definition) is 1. The maximum atomic E-state index is 12.5. The first-order valence-electron chi connectivity index (χ1n) is 8.34. The van der Waals surface area contributed by atoms with Gasteiger partial charge in [-0.15, -0.1) is 12.4 Å². The summed E-state index contributed by atoms with van der Waals surface area (Å²) in [5.41, 5.74) is 1.000. The smallest absolute Gasteiger partial charge is 0.242 e. The number of amides is 2. The molecule has 2 amide bonds. The van der Waals surface area contributed by atoms with Crippen molar-refractivity contribution >= 4 is 35.0 Å². The van der Waals surface area contributed by atoms with Crippen LogP contribution in [0.3, 0.4) is 0 Å². The fraction of sp³-hybridized carbons (Fsp3) is 0.368. The number of carbonyl (C=O) groups is 2. The summed E-state index contributed by atoms with van der Waals surface area (Å²) < 4.78 is 0. The fourth-order valence-electron chi connectivity index (χ4n) is 3.05. The third-order valence-corrected chi connectivity index (χ3v) is 4.49. The van der Waals surface area contributed by atoms with Crippen molar-refractivity contribution in [2.45, 2.75) is 6.42 Å². The molecule has 1 N–H and O–H groups in total. The molecule has 1 aliphatic rings. The molecule has 5 nitrogen and oxygen atoms in total. The summed E-state index contributed by atoms with van der Waals surface area (Å²) in [5.74, 6) is -0.0138. The fourth-order valence-corrected chi connectivity index (χ4v) is 3.05. The van der Waals surface area contributed by atoms with Crippen molar-refractivity contribution in [1.82, 2.24) is 15.1 Å². The maximum Gasteiger partial charge on any atom is 0.242 e. The van der Waals surface area contributed by atoms with Gasteiger partial charge in [-0.1, -0.05) is 42.5 Å². The molecule has 3 rings (SSSR count). The molecule has 0 bridgehead atoms.